The van der Waals surface area contributed by atoms with Gasteiger partial charge in [-0.25, -0.2) is 4.98 Å². The summed E-state index contributed by atoms with van der Waals surface area (Å²) in [5.41, 5.74) is 1.45. The average Bonchev–Trinajstić information content (AvgIpc) is 3.49. The summed E-state index contributed by atoms with van der Waals surface area (Å²) in [5, 5.41) is 12.4. The summed E-state index contributed by atoms with van der Waals surface area (Å²) in [6.07, 6.45) is 1.86. The van der Waals surface area contributed by atoms with Gasteiger partial charge in [0.1, 0.15) is 11.5 Å². The molecule has 8 nitrogen and oxygen atoms in total. The van der Waals surface area contributed by atoms with Crippen LogP contribution in [0.3, 0.4) is 0 Å². The van der Waals surface area contributed by atoms with Gasteiger partial charge in [0.25, 0.3) is 5.78 Å². The van der Waals surface area contributed by atoms with Crippen LogP contribution >= 0.6 is 22.9 Å². The van der Waals surface area contributed by atoms with E-state index in [1.54, 1.807) is 60.7 Å². The minimum atomic E-state index is -0.986. The largest absolute Gasteiger partial charge is 0.507 e. The highest BCUT2D eigenvalue weighted by Gasteiger charge is 2.48. The lowest BCUT2D eigenvalue weighted by atomic mass is 9.95. The van der Waals surface area contributed by atoms with Gasteiger partial charge >= 0.3 is 5.91 Å². The second kappa shape index (κ2) is 11.6. The van der Waals surface area contributed by atoms with Crippen LogP contribution in [0.25, 0.3) is 16.0 Å². The van der Waals surface area contributed by atoms with Crippen molar-refractivity contribution in [3.63, 3.8) is 0 Å². The predicted octanol–water partition coefficient (Wildman–Crippen LogP) is 6.77. The Labute approximate surface area is 240 Å². The molecule has 5 rings (SSSR count). The molecule has 1 aliphatic rings. The molecule has 40 heavy (non-hydrogen) atoms. The number of rotatable bonds is 9. The highest BCUT2D eigenvalue weighted by Crippen LogP contribution is 2.46. The third kappa shape index (κ3) is 5.10. The molecule has 0 aliphatic carbocycles. The van der Waals surface area contributed by atoms with E-state index in [1.165, 1.54) is 30.5 Å². The number of aromatic nitrogens is 1. The molecule has 0 radical (unpaired) electrons. The summed E-state index contributed by atoms with van der Waals surface area (Å²) in [6, 6.07) is 16.2. The fourth-order valence-electron chi connectivity index (χ4n) is 4.58. The van der Waals surface area contributed by atoms with E-state index in [2.05, 4.69) is 11.9 Å². The van der Waals surface area contributed by atoms with Gasteiger partial charge in [0, 0.05) is 10.6 Å². The monoisotopic (exact) mass is 578 g/mol. The quantitative estimate of drug-likeness (QED) is 0.101. The summed E-state index contributed by atoms with van der Waals surface area (Å²) >= 11 is 7.41. The molecule has 4 aromatic rings. The van der Waals surface area contributed by atoms with E-state index in [1.807, 2.05) is 0 Å². The number of aliphatic hydroxyl groups is 1. The van der Waals surface area contributed by atoms with Gasteiger partial charge in [0.15, 0.2) is 16.6 Å². The molecule has 0 bridgehead atoms. The van der Waals surface area contributed by atoms with Crippen molar-refractivity contribution in [2.24, 2.45) is 0 Å². The molecular weight excluding hydrogens is 552 g/mol. The van der Waals surface area contributed by atoms with Crippen LogP contribution in [0.4, 0.5) is 5.13 Å². The highest BCUT2D eigenvalue weighted by atomic mass is 35.5. The predicted molar refractivity (Wildman–Crippen MR) is 156 cm³/mol. The maximum atomic E-state index is 13.6. The number of Topliss-reactive ketones (excluding diaryl/α,β-unsaturated/α-hetero) is 1. The first-order chi connectivity index (χ1) is 19.4. The van der Waals surface area contributed by atoms with Gasteiger partial charge in [-0.2, -0.15) is 0 Å². The molecule has 1 fully saturated rings. The third-order valence-electron chi connectivity index (χ3n) is 6.59. The van der Waals surface area contributed by atoms with Crippen molar-refractivity contribution in [2.45, 2.75) is 25.8 Å². The molecule has 1 unspecified atom stereocenters. The molecule has 10 heteroatoms. The van der Waals surface area contributed by atoms with Crippen LogP contribution in [-0.4, -0.2) is 42.6 Å². The Kier molecular flexibility index (Phi) is 7.95. The van der Waals surface area contributed by atoms with Gasteiger partial charge in [0.05, 0.1) is 42.7 Å². The van der Waals surface area contributed by atoms with E-state index >= 15 is 0 Å². The summed E-state index contributed by atoms with van der Waals surface area (Å²) in [6.45, 7) is 2.59. The first-order valence-corrected chi connectivity index (χ1v) is 13.9. The van der Waals surface area contributed by atoms with Gasteiger partial charge in [-0.05, 0) is 54.4 Å². The van der Waals surface area contributed by atoms with Crippen molar-refractivity contribution in [3.8, 4) is 17.2 Å². The lowest BCUT2D eigenvalue weighted by Crippen LogP contribution is -2.29. The van der Waals surface area contributed by atoms with Crippen molar-refractivity contribution in [1.29, 1.82) is 0 Å². The normalized spacial score (nSPS) is 16.5. The number of nitrogens with zero attached hydrogens (tertiary/aromatic N) is 2. The molecule has 3 aromatic carbocycles. The Bertz CT molecular complexity index is 1630. The van der Waals surface area contributed by atoms with Gasteiger partial charge in [-0.3, -0.25) is 14.5 Å². The second-order valence-electron chi connectivity index (χ2n) is 9.12. The number of ketones is 1. The molecular formula is C30H27ClN2O6S. The number of fused-ring (bicyclic) bond motifs is 1. The van der Waals surface area contributed by atoms with Crippen LogP contribution < -0.4 is 19.1 Å². The van der Waals surface area contributed by atoms with Crippen molar-refractivity contribution >= 4 is 55.7 Å². The molecule has 0 spiro atoms. The van der Waals surface area contributed by atoms with Gasteiger partial charge < -0.3 is 19.3 Å². The number of methoxy groups -OCH3 is 2. The Balaban J connectivity index is 1.68. The Morgan fingerprint density at radius 2 is 1.85 bits per heavy atom. The standard InChI is InChI=1S/C30H27ClN2O6S/c1-4-5-13-39-20-8-6-7-18(14-20)27(34)25-26(17-9-12-22(37-2)23(15-17)38-3)33(29(36)28(25)35)30-32-21-11-10-19(31)16-24(21)40-30/h6-12,14-16,26,34H,4-5,13H2,1-3H3/b27-25+. The number of aliphatic hydroxyl groups excluding tert-OH is 1. The lowest BCUT2D eigenvalue weighted by molar-refractivity contribution is -0.132. The van der Waals surface area contributed by atoms with Crippen molar-refractivity contribution in [2.75, 3.05) is 25.7 Å². The van der Waals surface area contributed by atoms with Gasteiger partial charge in [-0.1, -0.05) is 54.5 Å². The summed E-state index contributed by atoms with van der Waals surface area (Å²) < 4.78 is 17.4. The second-order valence-corrected chi connectivity index (χ2v) is 10.6. The zero-order valence-electron chi connectivity index (χ0n) is 22.1. The minimum Gasteiger partial charge on any atom is -0.507 e. The fourth-order valence-corrected chi connectivity index (χ4v) is 5.85. The van der Waals surface area contributed by atoms with Gasteiger partial charge in [0.2, 0.25) is 0 Å². The summed E-state index contributed by atoms with van der Waals surface area (Å²) in [5.74, 6) is -0.500. The summed E-state index contributed by atoms with van der Waals surface area (Å²) in [7, 11) is 3.02. The van der Waals surface area contributed by atoms with Crippen molar-refractivity contribution < 1.29 is 28.9 Å². The first kappa shape index (κ1) is 27.5. The van der Waals surface area contributed by atoms with Gasteiger partial charge in [-0.15, -0.1) is 0 Å². The smallest absolute Gasteiger partial charge is 0.301 e. The van der Waals surface area contributed by atoms with E-state index in [0.29, 0.717) is 50.7 Å². The van der Waals surface area contributed by atoms with Crippen molar-refractivity contribution in [1.82, 2.24) is 4.98 Å². The van der Waals surface area contributed by atoms with Crippen LogP contribution in [0.1, 0.15) is 36.9 Å². The minimum absolute atomic E-state index is 0.0692. The third-order valence-corrected chi connectivity index (χ3v) is 7.84. The highest BCUT2D eigenvalue weighted by molar-refractivity contribution is 7.22. The Morgan fingerprint density at radius 3 is 2.60 bits per heavy atom. The zero-order valence-corrected chi connectivity index (χ0v) is 23.7. The average molecular weight is 579 g/mol. The number of halogens is 1. The number of carbonyl (C=O) groups is 2. The molecule has 206 valence electrons. The van der Waals surface area contributed by atoms with Crippen molar-refractivity contribution in [3.05, 3.63) is 82.4 Å². The number of hydrogen-bond acceptors (Lipinski definition) is 8. The Hall–Kier alpha value is -4.08. The molecule has 2 heterocycles. The molecule has 1 saturated heterocycles. The topological polar surface area (TPSA) is 98.2 Å². The van der Waals surface area contributed by atoms with Crippen LogP contribution in [0, 0.1) is 0 Å². The zero-order chi connectivity index (χ0) is 28.4. The van der Waals surface area contributed by atoms with E-state index in [-0.39, 0.29) is 11.3 Å². The number of thiazole rings is 1. The summed E-state index contributed by atoms with van der Waals surface area (Å²) in [4.78, 5) is 33.1. The molecule has 1 N–H and O–H groups in total. The molecule has 1 aromatic heterocycles. The number of amides is 1. The van der Waals surface area contributed by atoms with E-state index in [0.717, 1.165) is 17.5 Å². The van der Waals surface area contributed by atoms with E-state index < -0.39 is 17.7 Å². The van der Waals surface area contributed by atoms with Crippen LogP contribution in [0.2, 0.25) is 5.02 Å². The van der Waals surface area contributed by atoms with Crippen LogP contribution in [0.15, 0.2) is 66.2 Å². The number of unbranched alkanes of at least 4 members (excludes halogenated alkanes) is 1. The lowest BCUT2D eigenvalue weighted by Gasteiger charge is -2.23. The molecule has 1 amide bonds. The first-order valence-electron chi connectivity index (χ1n) is 12.7. The maximum Gasteiger partial charge on any atom is 0.301 e. The SMILES string of the molecule is CCCCOc1cccc(/C(O)=C2\C(=O)C(=O)N(c3nc4ccc(Cl)cc4s3)C2c2ccc(OC)c(OC)c2)c1. The van der Waals surface area contributed by atoms with Crippen LogP contribution in [0.5, 0.6) is 17.2 Å². The number of hydrogen-bond donors (Lipinski definition) is 1. The van der Waals surface area contributed by atoms with E-state index in [9.17, 15) is 14.7 Å². The number of carbonyl (C=O) groups excluding carboxylic acids is 2. The molecule has 0 saturated carbocycles. The van der Waals surface area contributed by atoms with E-state index in [4.69, 9.17) is 25.8 Å². The number of anilines is 1. The molecule has 1 aliphatic heterocycles. The molecule has 1 atom stereocenters. The van der Waals surface area contributed by atoms with Crippen LogP contribution in [-0.2, 0) is 9.59 Å². The fraction of sp³-hybridized carbons (Fsp3) is 0.233. The Morgan fingerprint density at radius 1 is 1.05 bits per heavy atom. The maximum absolute atomic E-state index is 13.6. The number of ether oxygens (including phenoxy) is 3. The number of benzene rings is 3.